The second-order valence-corrected chi connectivity index (χ2v) is 5.53. The number of fused-ring (bicyclic) bond motifs is 2. The fraction of sp³-hybridized carbons (Fsp3) is 0.833. The molecule has 2 atom stereocenters. The molecule has 2 heteroatoms. The van der Waals surface area contributed by atoms with Crippen molar-refractivity contribution in [3.05, 3.63) is 11.8 Å². The summed E-state index contributed by atoms with van der Waals surface area (Å²) in [5.74, 6) is 0.585. The zero-order valence-corrected chi connectivity index (χ0v) is 9.92. The molecule has 3 aliphatic rings. The average molecular weight is 195 g/mol. The molecule has 0 aromatic heterocycles. The number of nitrogens with zero attached hydrogens (tertiary/aromatic N) is 1. The number of ether oxygens (including phenoxy) is 1. The van der Waals surface area contributed by atoms with Crippen LogP contribution in [0.3, 0.4) is 0 Å². The number of rotatable bonds is 1. The van der Waals surface area contributed by atoms with Gasteiger partial charge in [-0.15, -0.1) is 0 Å². The number of hydrogen-bond donors (Lipinski definition) is 0. The summed E-state index contributed by atoms with van der Waals surface area (Å²) in [6.07, 6.45) is 4.83. The summed E-state index contributed by atoms with van der Waals surface area (Å²) in [4.78, 5) is 2.20. The van der Waals surface area contributed by atoms with Gasteiger partial charge in [-0.2, -0.15) is 0 Å². The zero-order valence-electron chi connectivity index (χ0n) is 9.92. The van der Waals surface area contributed by atoms with Crippen molar-refractivity contribution in [2.75, 3.05) is 14.1 Å². The first-order valence-electron chi connectivity index (χ1n) is 5.45. The van der Waals surface area contributed by atoms with Crippen molar-refractivity contribution in [3.63, 3.8) is 0 Å². The quantitative estimate of drug-likeness (QED) is 0.637. The molecule has 0 saturated carbocycles. The van der Waals surface area contributed by atoms with Crippen molar-refractivity contribution in [1.29, 1.82) is 0 Å². The average Bonchev–Trinajstić information content (AvgIpc) is 2.00. The Labute approximate surface area is 86.9 Å². The van der Waals surface area contributed by atoms with E-state index < -0.39 is 0 Å². The van der Waals surface area contributed by atoms with Gasteiger partial charge in [-0.05, 0) is 33.6 Å². The molecule has 1 saturated heterocycles. The van der Waals surface area contributed by atoms with Crippen LogP contribution in [0.4, 0.5) is 0 Å². The first-order chi connectivity index (χ1) is 6.35. The second-order valence-electron chi connectivity index (χ2n) is 5.53. The van der Waals surface area contributed by atoms with Crippen LogP contribution in [-0.4, -0.2) is 30.2 Å². The smallest absolute Gasteiger partial charge is 0.105 e. The highest BCUT2D eigenvalue weighted by molar-refractivity contribution is 5.25. The van der Waals surface area contributed by atoms with Gasteiger partial charge in [0.25, 0.3) is 0 Å². The highest BCUT2D eigenvalue weighted by Gasteiger charge is 2.49. The van der Waals surface area contributed by atoms with E-state index in [1.807, 2.05) is 0 Å². The van der Waals surface area contributed by atoms with E-state index in [0.717, 1.165) is 6.42 Å². The molecule has 2 unspecified atom stereocenters. The Bertz CT molecular complexity index is 280. The van der Waals surface area contributed by atoms with E-state index in [9.17, 15) is 0 Å². The molecule has 14 heavy (non-hydrogen) atoms. The molecule has 0 spiro atoms. The van der Waals surface area contributed by atoms with Gasteiger partial charge in [-0.3, -0.25) is 0 Å². The van der Waals surface area contributed by atoms with Crippen molar-refractivity contribution < 1.29 is 4.74 Å². The van der Waals surface area contributed by atoms with Gasteiger partial charge in [-0.25, -0.2) is 0 Å². The van der Waals surface area contributed by atoms with Crippen LogP contribution in [0.2, 0.25) is 0 Å². The van der Waals surface area contributed by atoms with Gasteiger partial charge >= 0.3 is 0 Å². The van der Waals surface area contributed by atoms with Crippen LogP contribution in [0.1, 0.15) is 33.6 Å². The maximum Gasteiger partial charge on any atom is 0.105 e. The molecule has 1 aliphatic carbocycles. The fourth-order valence-corrected chi connectivity index (χ4v) is 2.94. The minimum Gasteiger partial charge on any atom is -0.379 e. The van der Waals surface area contributed by atoms with Crippen LogP contribution in [0.15, 0.2) is 11.8 Å². The second kappa shape index (κ2) is 2.75. The predicted molar refractivity (Wildman–Crippen MR) is 58.1 cm³/mol. The highest BCUT2D eigenvalue weighted by Crippen LogP contribution is 2.49. The molecular formula is C12H21NO. The minimum absolute atomic E-state index is 0.0203. The summed E-state index contributed by atoms with van der Waals surface area (Å²) < 4.78 is 6.22. The number of likely N-dealkylation sites (N-methyl/N-ethyl adjacent to an activating group) is 1. The molecule has 3 rings (SSSR count). The van der Waals surface area contributed by atoms with Crippen molar-refractivity contribution in [2.24, 2.45) is 5.92 Å². The molecule has 1 fully saturated rings. The molecule has 2 bridgehead atoms. The van der Waals surface area contributed by atoms with Crippen molar-refractivity contribution in [3.8, 4) is 0 Å². The standard InChI is InChI=1S/C12H21NO/c1-11(2)9-6-7-12(3,14-11)10(8-9)13(4)5/h8-9H,6-7H2,1-5H3. The first-order valence-corrected chi connectivity index (χ1v) is 5.45. The van der Waals surface area contributed by atoms with Crippen LogP contribution >= 0.6 is 0 Å². The fourth-order valence-electron chi connectivity index (χ4n) is 2.94. The zero-order chi connectivity index (χ0) is 10.6. The predicted octanol–water partition coefficient (Wildman–Crippen LogP) is 2.41. The third-order valence-electron chi connectivity index (χ3n) is 3.70. The van der Waals surface area contributed by atoms with Crippen molar-refractivity contribution in [2.45, 2.75) is 44.8 Å². The van der Waals surface area contributed by atoms with Crippen LogP contribution in [0.25, 0.3) is 0 Å². The SMILES string of the molecule is CN(C)C1=CC2CCC1(C)OC2(C)C. The van der Waals surface area contributed by atoms with Gasteiger partial charge in [0.05, 0.1) is 5.60 Å². The van der Waals surface area contributed by atoms with Gasteiger partial charge in [0.1, 0.15) is 5.60 Å². The van der Waals surface area contributed by atoms with Crippen LogP contribution < -0.4 is 0 Å². The molecule has 0 amide bonds. The third kappa shape index (κ3) is 1.28. The van der Waals surface area contributed by atoms with Crippen LogP contribution in [-0.2, 0) is 4.74 Å². The lowest BCUT2D eigenvalue weighted by Crippen LogP contribution is -2.55. The Morgan fingerprint density at radius 2 is 2.00 bits per heavy atom. The molecule has 80 valence electrons. The summed E-state index contributed by atoms with van der Waals surface area (Å²) in [6.45, 7) is 6.63. The van der Waals surface area contributed by atoms with Gasteiger partial charge in [0, 0.05) is 25.7 Å². The van der Waals surface area contributed by atoms with Crippen LogP contribution in [0.5, 0.6) is 0 Å². The van der Waals surface area contributed by atoms with E-state index in [-0.39, 0.29) is 11.2 Å². The van der Waals surface area contributed by atoms with Gasteiger partial charge in [0.2, 0.25) is 0 Å². The topological polar surface area (TPSA) is 12.5 Å². The lowest BCUT2D eigenvalue weighted by atomic mass is 9.72. The van der Waals surface area contributed by atoms with E-state index in [1.165, 1.54) is 12.1 Å². The van der Waals surface area contributed by atoms with E-state index >= 15 is 0 Å². The lowest BCUT2D eigenvalue weighted by molar-refractivity contribution is -0.186. The maximum absolute atomic E-state index is 6.22. The summed E-state index contributed by atoms with van der Waals surface area (Å²) in [6, 6.07) is 0. The summed E-state index contributed by atoms with van der Waals surface area (Å²) >= 11 is 0. The van der Waals surface area contributed by atoms with Gasteiger partial charge in [-0.1, -0.05) is 6.08 Å². The molecular weight excluding hydrogens is 174 g/mol. The van der Waals surface area contributed by atoms with Crippen molar-refractivity contribution >= 4 is 0 Å². The summed E-state index contributed by atoms with van der Waals surface area (Å²) in [5.41, 5.74) is 1.32. The lowest BCUT2D eigenvalue weighted by Gasteiger charge is -2.54. The first kappa shape index (κ1) is 10.0. The molecule has 2 aliphatic heterocycles. The highest BCUT2D eigenvalue weighted by atomic mass is 16.5. The van der Waals surface area contributed by atoms with E-state index in [0.29, 0.717) is 5.92 Å². The minimum atomic E-state index is -0.0538. The molecule has 2 nitrogen and oxygen atoms in total. The Morgan fingerprint density at radius 3 is 2.43 bits per heavy atom. The Morgan fingerprint density at radius 1 is 1.36 bits per heavy atom. The molecule has 0 radical (unpaired) electrons. The van der Waals surface area contributed by atoms with E-state index in [4.69, 9.17) is 4.74 Å². The van der Waals surface area contributed by atoms with E-state index in [2.05, 4.69) is 45.8 Å². The maximum atomic E-state index is 6.22. The molecule has 0 aromatic rings. The Kier molecular flexibility index (Phi) is 1.97. The van der Waals surface area contributed by atoms with Gasteiger partial charge in [0.15, 0.2) is 0 Å². The molecule has 0 N–H and O–H groups in total. The van der Waals surface area contributed by atoms with Crippen LogP contribution in [0, 0.1) is 5.92 Å². The molecule has 0 aromatic carbocycles. The Balaban J connectivity index is 2.40. The Hall–Kier alpha value is -0.500. The normalized spacial score (nSPS) is 39.5. The largest absolute Gasteiger partial charge is 0.379 e. The number of hydrogen-bond acceptors (Lipinski definition) is 2. The summed E-state index contributed by atoms with van der Waals surface area (Å²) in [5, 5.41) is 0. The van der Waals surface area contributed by atoms with Crippen molar-refractivity contribution in [1.82, 2.24) is 4.90 Å². The van der Waals surface area contributed by atoms with E-state index in [1.54, 1.807) is 0 Å². The molecule has 2 heterocycles. The third-order valence-corrected chi connectivity index (χ3v) is 3.70. The van der Waals surface area contributed by atoms with Gasteiger partial charge < -0.3 is 9.64 Å². The monoisotopic (exact) mass is 195 g/mol. The summed E-state index contributed by atoms with van der Waals surface area (Å²) in [7, 11) is 4.21.